The molecule has 128 valence electrons. The van der Waals surface area contributed by atoms with Crippen LogP contribution in [0.2, 0.25) is 0 Å². The Bertz CT molecular complexity index is 1070. The molecule has 0 aromatic heterocycles. The first-order valence-electron chi connectivity index (χ1n) is 8.28. The normalized spacial score (nSPS) is 13.2. The van der Waals surface area contributed by atoms with Crippen LogP contribution in [-0.4, -0.2) is 29.7 Å². The molecule has 1 heterocycles. The zero-order valence-electron chi connectivity index (χ0n) is 14.2. The largest absolute Gasteiger partial charge is 0.355 e. The lowest BCUT2D eigenvalue weighted by Gasteiger charge is -2.14. The summed E-state index contributed by atoms with van der Waals surface area (Å²) in [7, 11) is 1.52. The van der Waals surface area contributed by atoms with E-state index in [1.165, 1.54) is 18.0 Å². The number of hydrogen-bond acceptors (Lipinski definition) is 3. The van der Waals surface area contributed by atoms with Crippen LogP contribution in [0.3, 0.4) is 0 Å². The zero-order chi connectivity index (χ0) is 18.3. The van der Waals surface area contributed by atoms with E-state index in [-0.39, 0.29) is 29.8 Å². The second-order valence-electron chi connectivity index (χ2n) is 6.22. The number of carbonyl (C=O) groups excluding carboxylic acids is 3. The number of hydrogen-bond donors (Lipinski definition) is 1. The number of fused-ring (bicyclic) bond motifs is 2. The summed E-state index contributed by atoms with van der Waals surface area (Å²) < 4.78 is 0. The van der Waals surface area contributed by atoms with Crippen molar-refractivity contribution in [1.82, 2.24) is 10.2 Å². The first-order chi connectivity index (χ1) is 12.6. The van der Waals surface area contributed by atoms with E-state index in [1.54, 1.807) is 12.1 Å². The molecule has 5 heteroatoms. The number of benzene rings is 3. The van der Waals surface area contributed by atoms with E-state index in [0.29, 0.717) is 11.1 Å². The molecule has 1 N–H and O–H groups in total. The lowest BCUT2D eigenvalue weighted by atomic mass is 10.1. The van der Waals surface area contributed by atoms with Gasteiger partial charge in [0, 0.05) is 12.6 Å². The summed E-state index contributed by atoms with van der Waals surface area (Å²) in [4.78, 5) is 38.3. The molecule has 0 aliphatic carbocycles. The molecule has 3 amide bonds. The molecule has 0 radical (unpaired) electrons. The lowest BCUT2D eigenvalue weighted by Crippen LogP contribution is -2.29. The number of imide groups is 1. The van der Waals surface area contributed by atoms with Crippen molar-refractivity contribution in [3.63, 3.8) is 0 Å². The highest BCUT2D eigenvalue weighted by atomic mass is 16.2. The van der Waals surface area contributed by atoms with Crippen molar-refractivity contribution in [3.05, 3.63) is 82.9 Å². The third kappa shape index (κ3) is 2.54. The van der Waals surface area contributed by atoms with Gasteiger partial charge in [-0.3, -0.25) is 19.3 Å². The van der Waals surface area contributed by atoms with Crippen molar-refractivity contribution < 1.29 is 14.4 Å². The molecule has 0 saturated carbocycles. The van der Waals surface area contributed by atoms with Gasteiger partial charge in [0.1, 0.15) is 0 Å². The number of rotatable bonds is 3. The third-order valence-electron chi connectivity index (χ3n) is 4.61. The number of carbonyl (C=O) groups is 3. The molecule has 26 heavy (non-hydrogen) atoms. The Balaban J connectivity index is 1.66. The van der Waals surface area contributed by atoms with Crippen LogP contribution >= 0.6 is 0 Å². The van der Waals surface area contributed by atoms with Crippen LogP contribution < -0.4 is 5.32 Å². The van der Waals surface area contributed by atoms with E-state index in [0.717, 1.165) is 16.3 Å². The van der Waals surface area contributed by atoms with Crippen molar-refractivity contribution in [2.24, 2.45) is 0 Å². The molecule has 0 bridgehead atoms. The molecule has 3 aromatic rings. The first-order valence-corrected chi connectivity index (χ1v) is 8.28. The summed E-state index contributed by atoms with van der Waals surface area (Å²) in [5, 5.41) is 4.68. The van der Waals surface area contributed by atoms with Crippen LogP contribution in [0.25, 0.3) is 10.8 Å². The second-order valence-corrected chi connectivity index (χ2v) is 6.22. The molecule has 4 rings (SSSR count). The van der Waals surface area contributed by atoms with Gasteiger partial charge in [0.25, 0.3) is 17.7 Å². The van der Waals surface area contributed by atoms with E-state index in [4.69, 9.17) is 0 Å². The van der Waals surface area contributed by atoms with Crippen LogP contribution in [0.15, 0.2) is 60.7 Å². The summed E-state index contributed by atoms with van der Waals surface area (Å²) in [6.45, 7) is 0.201. The lowest BCUT2D eigenvalue weighted by molar-refractivity contribution is 0.0642. The molecule has 1 aliphatic rings. The minimum absolute atomic E-state index is 0.201. The SMILES string of the molecule is CNC(=O)c1ccc2c(c1)C(=O)N(Cc1ccc3ccccc3c1)C2=O. The maximum absolute atomic E-state index is 12.7. The molecule has 0 fully saturated rings. The smallest absolute Gasteiger partial charge is 0.261 e. The molecular weight excluding hydrogens is 328 g/mol. The van der Waals surface area contributed by atoms with Gasteiger partial charge in [-0.1, -0.05) is 36.4 Å². The van der Waals surface area contributed by atoms with Gasteiger partial charge in [-0.05, 0) is 40.6 Å². The molecule has 5 nitrogen and oxygen atoms in total. The standard InChI is InChI=1S/C21H16N2O3/c1-22-19(24)16-8-9-17-18(11-16)21(26)23(20(17)25)12-13-6-7-14-4-2-3-5-15(14)10-13/h2-11H,12H2,1H3,(H,22,24). The zero-order valence-corrected chi connectivity index (χ0v) is 14.2. The van der Waals surface area contributed by atoms with Gasteiger partial charge in [0.15, 0.2) is 0 Å². The quantitative estimate of drug-likeness (QED) is 0.743. The Labute approximate surface area is 150 Å². The van der Waals surface area contributed by atoms with E-state index < -0.39 is 0 Å². The molecule has 0 atom stereocenters. The second kappa shape index (κ2) is 6.11. The van der Waals surface area contributed by atoms with Crippen molar-refractivity contribution in [2.45, 2.75) is 6.54 Å². The van der Waals surface area contributed by atoms with E-state index in [2.05, 4.69) is 5.32 Å². The fourth-order valence-corrected chi connectivity index (χ4v) is 3.24. The van der Waals surface area contributed by atoms with Gasteiger partial charge >= 0.3 is 0 Å². The fraction of sp³-hybridized carbons (Fsp3) is 0.0952. The summed E-state index contributed by atoms with van der Waals surface area (Å²) in [6.07, 6.45) is 0. The Hall–Kier alpha value is -3.47. The molecule has 0 unspecified atom stereocenters. The minimum atomic E-state index is -0.371. The highest BCUT2D eigenvalue weighted by molar-refractivity contribution is 6.22. The van der Waals surface area contributed by atoms with Gasteiger partial charge in [-0.15, -0.1) is 0 Å². The van der Waals surface area contributed by atoms with Crippen molar-refractivity contribution in [1.29, 1.82) is 0 Å². The molecule has 0 saturated heterocycles. The summed E-state index contributed by atoms with van der Waals surface area (Å²) in [6, 6.07) is 18.4. The van der Waals surface area contributed by atoms with Gasteiger partial charge in [-0.2, -0.15) is 0 Å². The topological polar surface area (TPSA) is 66.5 Å². The van der Waals surface area contributed by atoms with Crippen molar-refractivity contribution >= 4 is 28.5 Å². The number of amides is 3. The van der Waals surface area contributed by atoms with Crippen LogP contribution in [0.5, 0.6) is 0 Å². The number of nitrogens with zero attached hydrogens (tertiary/aromatic N) is 1. The van der Waals surface area contributed by atoms with E-state index in [1.807, 2.05) is 42.5 Å². The summed E-state index contributed by atoms with van der Waals surface area (Å²) in [5.74, 6) is -0.994. The maximum Gasteiger partial charge on any atom is 0.261 e. The van der Waals surface area contributed by atoms with Gasteiger partial charge in [0.2, 0.25) is 0 Å². The van der Waals surface area contributed by atoms with Gasteiger partial charge < -0.3 is 5.32 Å². The monoisotopic (exact) mass is 344 g/mol. The molecule has 1 aliphatic heterocycles. The molecule has 3 aromatic carbocycles. The van der Waals surface area contributed by atoms with Crippen LogP contribution in [-0.2, 0) is 6.54 Å². The predicted octanol–water partition coefficient (Wildman–Crippen LogP) is 3.00. The van der Waals surface area contributed by atoms with Crippen LogP contribution in [0.4, 0.5) is 0 Å². The van der Waals surface area contributed by atoms with Crippen molar-refractivity contribution in [3.8, 4) is 0 Å². The first kappa shape index (κ1) is 16.0. The third-order valence-corrected chi connectivity index (χ3v) is 4.61. The molecule has 0 spiro atoms. The average molecular weight is 344 g/mol. The van der Waals surface area contributed by atoms with Crippen LogP contribution in [0, 0.1) is 0 Å². The van der Waals surface area contributed by atoms with Crippen LogP contribution in [0.1, 0.15) is 36.6 Å². The summed E-state index contributed by atoms with van der Waals surface area (Å²) >= 11 is 0. The maximum atomic E-state index is 12.7. The van der Waals surface area contributed by atoms with Crippen molar-refractivity contribution in [2.75, 3.05) is 7.05 Å². The Morgan fingerprint density at radius 3 is 2.38 bits per heavy atom. The summed E-state index contributed by atoms with van der Waals surface area (Å²) in [5.41, 5.74) is 1.85. The predicted molar refractivity (Wildman–Crippen MR) is 98.0 cm³/mol. The van der Waals surface area contributed by atoms with Gasteiger partial charge in [-0.25, -0.2) is 0 Å². The fourth-order valence-electron chi connectivity index (χ4n) is 3.24. The number of nitrogens with one attached hydrogen (secondary N) is 1. The van der Waals surface area contributed by atoms with Gasteiger partial charge in [0.05, 0.1) is 17.7 Å². The Kier molecular flexibility index (Phi) is 3.77. The Morgan fingerprint density at radius 2 is 1.62 bits per heavy atom. The highest BCUT2D eigenvalue weighted by Gasteiger charge is 2.35. The Morgan fingerprint density at radius 1 is 0.885 bits per heavy atom. The average Bonchev–Trinajstić information content (AvgIpc) is 2.91. The van der Waals surface area contributed by atoms with E-state index >= 15 is 0 Å². The van der Waals surface area contributed by atoms with E-state index in [9.17, 15) is 14.4 Å². The highest BCUT2D eigenvalue weighted by Crippen LogP contribution is 2.26. The molecular formula is C21H16N2O3. The minimum Gasteiger partial charge on any atom is -0.355 e.